The van der Waals surface area contributed by atoms with Crippen molar-refractivity contribution in [2.24, 2.45) is 5.41 Å². The lowest BCUT2D eigenvalue weighted by Gasteiger charge is -2.28. The Balaban J connectivity index is 1.91. The Morgan fingerprint density at radius 1 is 1.61 bits per heavy atom. The van der Waals surface area contributed by atoms with Gasteiger partial charge < -0.3 is 15.8 Å². The Morgan fingerprint density at radius 2 is 2.33 bits per heavy atom. The van der Waals surface area contributed by atoms with E-state index in [1.807, 2.05) is 0 Å². The SMILES string of the molecule is COCC1(CNC(=O)c2csc(N)n2)CCCC1. The van der Waals surface area contributed by atoms with Crippen molar-refractivity contribution in [3.63, 3.8) is 0 Å². The van der Waals surface area contributed by atoms with Gasteiger partial charge in [-0.05, 0) is 12.8 Å². The summed E-state index contributed by atoms with van der Waals surface area (Å²) in [4.78, 5) is 15.9. The summed E-state index contributed by atoms with van der Waals surface area (Å²) in [5, 5.41) is 5.06. The van der Waals surface area contributed by atoms with Gasteiger partial charge in [0.1, 0.15) is 5.69 Å². The topological polar surface area (TPSA) is 77.2 Å². The number of rotatable bonds is 5. The maximum Gasteiger partial charge on any atom is 0.270 e. The van der Waals surface area contributed by atoms with E-state index in [0.717, 1.165) is 12.8 Å². The molecule has 6 heteroatoms. The largest absolute Gasteiger partial charge is 0.384 e. The minimum atomic E-state index is -0.148. The van der Waals surface area contributed by atoms with E-state index in [1.54, 1.807) is 12.5 Å². The van der Waals surface area contributed by atoms with E-state index in [1.165, 1.54) is 24.2 Å². The fourth-order valence-electron chi connectivity index (χ4n) is 2.55. The highest BCUT2D eigenvalue weighted by Gasteiger charge is 2.34. The molecular weight excluding hydrogens is 250 g/mol. The quantitative estimate of drug-likeness (QED) is 0.852. The molecule has 1 aromatic heterocycles. The number of nitrogen functional groups attached to an aromatic ring is 1. The molecule has 1 fully saturated rings. The number of thiazole rings is 1. The summed E-state index contributed by atoms with van der Waals surface area (Å²) in [6, 6.07) is 0. The normalized spacial score (nSPS) is 17.8. The van der Waals surface area contributed by atoms with Crippen LogP contribution in [0.4, 0.5) is 5.13 Å². The zero-order valence-electron chi connectivity index (χ0n) is 10.6. The van der Waals surface area contributed by atoms with Crippen molar-refractivity contribution in [2.45, 2.75) is 25.7 Å². The van der Waals surface area contributed by atoms with Crippen LogP contribution in [-0.4, -0.2) is 31.2 Å². The molecule has 100 valence electrons. The van der Waals surface area contributed by atoms with Gasteiger partial charge in [-0.25, -0.2) is 4.98 Å². The van der Waals surface area contributed by atoms with Gasteiger partial charge in [-0.15, -0.1) is 11.3 Å². The Bertz CT molecular complexity index is 413. The van der Waals surface area contributed by atoms with Crippen molar-refractivity contribution in [2.75, 3.05) is 26.0 Å². The summed E-state index contributed by atoms with van der Waals surface area (Å²) in [7, 11) is 1.71. The average molecular weight is 269 g/mol. The number of nitrogens with one attached hydrogen (secondary N) is 1. The summed E-state index contributed by atoms with van der Waals surface area (Å²) in [5.74, 6) is -0.148. The van der Waals surface area contributed by atoms with Gasteiger partial charge in [-0.3, -0.25) is 4.79 Å². The van der Waals surface area contributed by atoms with Crippen LogP contribution in [0.25, 0.3) is 0 Å². The van der Waals surface area contributed by atoms with Crippen molar-refractivity contribution < 1.29 is 9.53 Å². The number of anilines is 1. The predicted molar refractivity (Wildman–Crippen MR) is 71.6 cm³/mol. The van der Waals surface area contributed by atoms with E-state index in [9.17, 15) is 4.79 Å². The molecule has 18 heavy (non-hydrogen) atoms. The lowest BCUT2D eigenvalue weighted by Crippen LogP contribution is -2.38. The van der Waals surface area contributed by atoms with E-state index in [4.69, 9.17) is 10.5 Å². The highest BCUT2D eigenvalue weighted by Crippen LogP contribution is 2.37. The fraction of sp³-hybridized carbons (Fsp3) is 0.667. The molecule has 1 heterocycles. The molecule has 0 aliphatic heterocycles. The Labute approximate surface area is 111 Å². The third kappa shape index (κ3) is 3.00. The van der Waals surface area contributed by atoms with E-state index in [2.05, 4.69) is 10.3 Å². The molecular formula is C12H19N3O2S. The Kier molecular flexibility index (Phi) is 4.19. The number of aromatic nitrogens is 1. The number of hydrogen-bond donors (Lipinski definition) is 2. The summed E-state index contributed by atoms with van der Waals surface area (Å²) in [5.41, 5.74) is 6.02. The highest BCUT2D eigenvalue weighted by atomic mass is 32.1. The number of nitrogens with two attached hydrogens (primary N) is 1. The first-order chi connectivity index (χ1) is 8.65. The molecule has 1 aromatic rings. The molecule has 0 aromatic carbocycles. The molecule has 0 atom stereocenters. The van der Waals surface area contributed by atoms with Crippen molar-refractivity contribution in [1.82, 2.24) is 10.3 Å². The summed E-state index contributed by atoms with van der Waals surface area (Å²) >= 11 is 1.28. The fourth-order valence-corrected chi connectivity index (χ4v) is 3.10. The van der Waals surface area contributed by atoms with Crippen LogP contribution in [0, 0.1) is 5.41 Å². The van der Waals surface area contributed by atoms with E-state index < -0.39 is 0 Å². The summed E-state index contributed by atoms with van der Waals surface area (Å²) < 4.78 is 5.29. The number of ether oxygens (including phenoxy) is 1. The molecule has 5 nitrogen and oxygen atoms in total. The number of methoxy groups -OCH3 is 1. The van der Waals surface area contributed by atoms with Crippen molar-refractivity contribution in [3.05, 3.63) is 11.1 Å². The highest BCUT2D eigenvalue weighted by molar-refractivity contribution is 7.13. The minimum Gasteiger partial charge on any atom is -0.384 e. The molecule has 0 unspecified atom stereocenters. The zero-order chi connectivity index (χ0) is 13.0. The molecule has 0 saturated heterocycles. The van der Waals surface area contributed by atoms with E-state index in [0.29, 0.717) is 24.0 Å². The van der Waals surface area contributed by atoms with Crippen LogP contribution in [0.2, 0.25) is 0 Å². The molecule has 1 aliphatic rings. The van der Waals surface area contributed by atoms with Crippen LogP contribution in [0.5, 0.6) is 0 Å². The number of carbonyl (C=O) groups is 1. The van der Waals surface area contributed by atoms with E-state index >= 15 is 0 Å². The lowest BCUT2D eigenvalue weighted by atomic mass is 9.87. The molecule has 2 rings (SSSR count). The van der Waals surface area contributed by atoms with Crippen molar-refractivity contribution in [3.8, 4) is 0 Å². The summed E-state index contributed by atoms with van der Waals surface area (Å²) in [6.45, 7) is 1.35. The van der Waals surface area contributed by atoms with Gasteiger partial charge in [-0.1, -0.05) is 12.8 Å². The summed E-state index contributed by atoms with van der Waals surface area (Å²) in [6.07, 6.45) is 4.65. The van der Waals surface area contributed by atoms with Gasteiger partial charge in [0, 0.05) is 24.4 Å². The molecule has 1 aliphatic carbocycles. The Morgan fingerprint density at radius 3 is 2.89 bits per heavy atom. The third-order valence-electron chi connectivity index (χ3n) is 3.49. The first kappa shape index (κ1) is 13.3. The number of hydrogen-bond acceptors (Lipinski definition) is 5. The van der Waals surface area contributed by atoms with Gasteiger partial charge in [0.15, 0.2) is 5.13 Å². The second-order valence-electron chi connectivity index (χ2n) is 4.89. The van der Waals surface area contributed by atoms with Gasteiger partial charge in [0.05, 0.1) is 6.61 Å². The first-order valence-corrected chi connectivity index (χ1v) is 7.01. The second kappa shape index (κ2) is 5.67. The lowest BCUT2D eigenvalue weighted by molar-refractivity contribution is 0.0739. The smallest absolute Gasteiger partial charge is 0.270 e. The number of amides is 1. The van der Waals surface area contributed by atoms with Crippen molar-refractivity contribution >= 4 is 22.4 Å². The number of nitrogens with zero attached hydrogens (tertiary/aromatic N) is 1. The molecule has 0 radical (unpaired) electrons. The van der Waals surface area contributed by atoms with Crippen LogP contribution in [0.15, 0.2) is 5.38 Å². The molecule has 1 saturated carbocycles. The molecule has 0 bridgehead atoms. The molecule has 0 spiro atoms. The van der Waals surface area contributed by atoms with Crippen LogP contribution in [0.3, 0.4) is 0 Å². The zero-order valence-corrected chi connectivity index (χ0v) is 11.4. The van der Waals surface area contributed by atoms with Gasteiger partial charge in [0.2, 0.25) is 0 Å². The standard InChI is InChI=1S/C12H19N3O2S/c1-17-8-12(4-2-3-5-12)7-14-10(16)9-6-18-11(13)15-9/h6H,2-5,7-8H2,1H3,(H2,13,15)(H,14,16). The van der Waals surface area contributed by atoms with E-state index in [-0.39, 0.29) is 11.3 Å². The van der Waals surface area contributed by atoms with Crippen molar-refractivity contribution in [1.29, 1.82) is 0 Å². The first-order valence-electron chi connectivity index (χ1n) is 6.13. The second-order valence-corrected chi connectivity index (χ2v) is 5.78. The van der Waals surface area contributed by atoms with Gasteiger partial charge in [0.25, 0.3) is 5.91 Å². The maximum atomic E-state index is 11.9. The Hall–Kier alpha value is -1.14. The predicted octanol–water partition coefficient (Wildman–Crippen LogP) is 1.66. The van der Waals surface area contributed by atoms with Gasteiger partial charge in [-0.2, -0.15) is 0 Å². The molecule has 3 N–H and O–H groups in total. The van der Waals surface area contributed by atoms with Crippen LogP contribution in [-0.2, 0) is 4.74 Å². The average Bonchev–Trinajstić information content (AvgIpc) is 2.97. The molecule has 1 amide bonds. The van der Waals surface area contributed by atoms with Gasteiger partial charge >= 0.3 is 0 Å². The monoisotopic (exact) mass is 269 g/mol. The maximum absolute atomic E-state index is 11.9. The van der Waals surface area contributed by atoms with Crippen LogP contribution >= 0.6 is 11.3 Å². The third-order valence-corrected chi connectivity index (χ3v) is 4.17. The van der Waals surface area contributed by atoms with Crippen LogP contribution < -0.4 is 11.1 Å². The minimum absolute atomic E-state index is 0.103. The number of carbonyl (C=O) groups excluding carboxylic acids is 1. The van der Waals surface area contributed by atoms with Crippen LogP contribution in [0.1, 0.15) is 36.2 Å².